The van der Waals surface area contributed by atoms with Gasteiger partial charge in [-0.1, -0.05) is 25.0 Å². The quantitative estimate of drug-likeness (QED) is 0.784. The topological polar surface area (TPSA) is 37.4 Å². The highest BCUT2D eigenvalue weighted by molar-refractivity contribution is 7.89. The minimum absolute atomic E-state index is 0.0682. The fourth-order valence-corrected chi connectivity index (χ4v) is 3.36. The first kappa shape index (κ1) is 16.5. The maximum Gasteiger partial charge on any atom is 0.417 e. The van der Waals surface area contributed by atoms with Crippen LogP contribution in [0.4, 0.5) is 13.2 Å². The van der Waals surface area contributed by atoms with Gasteiger partial charge in [-0.2, -0.15) is 17.5 Å². The van der Waals surface area contributed by atoms with Gasteiger partial charge in [0.1, 0.15) is 0 Å². The Hall–Kier alpha value is -1.52. The van der Waals surface area contributed by atoms with E-state index in [1.807, 2.05) is 0 Å². The molecule has 110 valence electrons. The van der Waals surface area contributed by atoms with Crippen LogP contribution in [-0.4, -0.2) is 25.8 Å². The lowest BCUT2D eigenvalue weighted by molar-refractivity contribution is -0.139. The maximum absolute atomic E-state index is 12.9. The highest BCUT2D eigenvalue weighted by Gasteiger charge is 2.38. The monoisotopic (exact) mass is 305 g/mol. The van der Waals surface area contributed by atoms with Crippen LogP contribution < -0.4 is 0 Å². The lowest BCUT2D eigenvalue weighted by Crippen LogP contribution is -2.33. The van der Waals surface area contributed by atoms with E-state index >= 15 is 0 Å². The molecule has 0 radical (unpaired) electrons. The predicted octanol–water partition coefficient (Wildman–Crippen LogP) is 2.74. The molecule has 0 aliphatic rings. The van der Waals surface area contributed by atoms with Crippen molar-refractivity contribution >= 4 is 10.0 Å². The summed E-state index contributed by atoms with van der Waals surface area (Å²) in [6.45, 7) is 1.52. The number of benzene rings is 1. The molecule has 0 aliphatic heterocycles. The van der Waals surface area contributed by atoms with Gasteiger partial charge in [-0.05, 0) is 18.6 Å². The van der Waals surface area contributed by atoms with Crippen LogP contribution in [0.25, 0.3) is 0 Å². The van der Waals surface area contributed by atoms with Gasteiger partial charge < -0.3 is 0 Å². The molecular formula is C13H14F3NO2S. The van der Waals surface area contributed by atoms with Gasteiger partial charge in [-0.3, -0.25) is 0 Å². The molecule has 3 nitrogen and oxygen atoms in total. The molecule has 0 N–H and O–H groups in total. The molecule has 0 fully saturated rings. The van der Waals surface area contributed by atoms with Crippen molar-refractivity contribution in [1.29, 1.82) is 0 Å². The van der Waals surface area contributed by atoms with Crippen LogP contribution in [-0.2, 0) is 16.2 Å². The van der Waals surface area contributed by atoms with Crippen molar-refractivity contribution in [3.8, 4) is 12.3 Å². The molecule has 0 spiro atoms. The van der Waals surface area contributed by atoms with Crippen molar-refractivity contribution in [1.82, 2.24) is 4.31 Å². The zero-order valence-corrected chi connectivity index (χ0v) is 11.6. The van der Waals surface area contributed by atoms with E-state index in [9.17, 15) is 21.6 Å². The Bertz CT molecular complexity index is 603. The normalized spacial score (nSPS) is 12.4. The van der Waals surface area contributed by atoms with Gasteiger partial charge in [-0.15, -0.1) is 6.42 Å². The Morgan fingerprint density at radius 1 is 1.30 bits per heavy atom. The minimum Gasteiger partial charge on any atom is -0.207 e. The molecule has 0 saturated carbocycles. The number of nitrogens with zero attached hydrogens (tertiary/aromatic N) is 1. The van der Waals surface area contributed by atoms with E-state index in [1.54, 1.807) is 6.92 Å². The molecule has 0 bridgehead atoms. The first-order valence-corrected chi connectivity index (χ1v) is 7.29. The molecule has 0 unspecified atom stereocenters. The molecule has 0 saturated heterocycles. The third-order valence-electron chi connectivity index (χ3n) is 2.55. The molecule has 0 aliphatic carbocycles. The minimum atomic E-state index is -4.74. The molecule has 1 aromatic carbocycles. The van der Waals surface area contributed by atoms with Gasteiger partial charge in [0.15, 0.2) is 0 Å². The Balaban J connectivity index is 3.39. The highest BCUT2D eigenvalue weighted by Crippen LogP contribution is 2.35. The van der Waals surface area contributed by atoms with E-state index in [2.05, 4.69) is 5.92 Å². The van der Waals surface area contributed by atoms with E-state index in [-0.39, 0.29) is 13.1 Å². The first-order valence-electron chi connectivity index (χ1n) is 5.85. The molecular weight excluding hydrogens is 291 g/mol. The second-order valence-corrected chi connectivity index (χ2v) is 5.94. The van der Waals surface area contributed by atoms with Crippen LogP contribution in [0, 0.1) is 12.3 Å². The van der Waals surface area contributed by atoms with Gasteiger partial charge in [-0.25, -0.2) is 8.42 Å². The highest BCUT2D eigenvalue weighted by atomic mass is 32.2. The molecule has 0 atom stereocenters. The second kappa shape index (κ2) is 6.29. The summed E-state index contributed by atoms with van der Waals surface area (Å²) in [5, 5.41) is 0. The summed E-state index contributed by atoms with van der Waals surface area (Å²) in [6.07, 6.45) is 0.795. The number of halogens is 3. The van der Waals surface area contributed by atoms with E-state index in [4.69, 9.17) is 6.42 Å². The van der Waals surface area contributed by atoms with E-state index in [0.717, 1.165) is 22.5 Å². The largest absolute Gasteiger partial charge is 0.417 e. The molecule has 0 heterocycles. The number of terminal acetylenes is 1. The molecule has 0 amide bonds. The molecule has 1 rings (SSSR count). The van der Waals surface area contributed by atoms with E-state index < -0.39 is 26.7 Å². The summed E-state index contributed by atoms with van der Waals surface area (Å²) in [7, 11) is -4.27. The molecule has 7 heteroatoms. The fourth-order valence-electron chi connectivity index (χ4n) is 1.70. The van der Waals surface area contributed by atoms with Gasteiger partial charge >= 0.3 is 6.18 Å². The van der Waals surface area contributed by atoms with Crippen LogP contribution in [0.1, 0.15) is 18.9 Å². The third-order valence-corrected chi connectivity index (χ3v) is 4.45. The molecule has 20 heavy (non-hydrogen) atoms. The first-order chi connectivity index (χ1) is 9.25. The van der Waals surface area contributed by atoms with E-state index in [0.29, 0.717) is 6.42 Å². The lowest BCUT2D eigenvalue weighted by atomic mass is 10.2. The van der Waals surface area contributed by atoms with Crippen LogP contribution in [0.15, 0.2) is 29.2 Å². The second-order valence-electron chi connectivity index (χ2n) is 4.04. The summed E-state index contributed by atoms with van der Waals surface area (Å²) in [6, 6.07) is 4.08. The number of sulfonamides is 1. The summed E-state index contributed by atoms with van der Waals surface area (Å²) < 4.78 is 64.2. The SMILES string of the molecule is C#CCN(CCC)S(=O)(=O)c1ccccc1C(F)(F)F. The maximum atomic E-state index is 12.9. The Kier molecular flexibility index (Phi) is 5.20. The van der Waals surface area contributed by atoms with Crippen molar-refractivity contribution in [2.24, 2.45) is 0 Å². The average molecular weight is 305 g/mol. The smallest absolute Gasteiger partial charge is 0.207 e. The van der Waals surface area contributed by atoms with Crippen LogP contribution in [0.2, 0.25) is 0 Å². The van der Waals surface area contributed by atoms with E-state index in [1.165, 1.54) is 6.07 Å². The zero-order chi connectivity index (χ0) is 15.4. The average Bonchev–Trinajstić information content (AvgIpc) is 2.37. The van der Waals surface area contributed by atoms with Crippen molar-refractivity contribution < 1.29 is 21.6 Å². The summed E-state index contributed by atoms with van der Waals surface area (Å²) >= 11 is 0. The zero-order valence-electron chi connectivity index (χ0n) is 10.8. The Morgan fingerprint density at radius 3 is 2.40 bits per heavy atom. The van der Waals surface area contributed by atoms with Crippen LogP contribution in [0.5, 0.6) is 0 Å². The number of hydrogen-bond donors (Lipinski definition) is 0. The van der Waals surface area contributed by atoms with Crippen molar-refractivity contribution in [2.45, 2.75) is 24.4 Å². The predicted molar refractivity (Wildman–Crippen MR) is 69.3 cm³/mol. The standard InChI is InChI=1S/C13H14F3NO2S/c1-3-9-17(10-4-2)20(18,19)12-8-6-5-7-11(12)13(14,15)16/h1,5-8H,4,9-10H2,2H3. The molecule has 1 aromatic rings. The number of rotatable bonds is 5. The van der Waals surface area contributed by atoms with Crippen molar-refractivity contribution in [3.05, 3.63) is 29.8 Å². The van der Waals surface area contributed by atoms with Crippen LogP contribution >= 0.6 is 0 Å². The number of hydrogen-bond acceptors (Lipinski definition) is 2. The lowest BCUT2D eigenvalue weighted by Gasteiger charge is -2.21. The van der Waals surface area contributed by atoms with Gasteiger partial charge in [0, 0.05) is 6.54 Å². The summed E-state index contributed by atoms with van der Waals surface area (Å²) in [5.41, 5.74) is -1.18. The van der Waals surface area contributed by atoms with Crippen molar-refractivity contribution in [3.63, 3.8) is 0 Å². The summed E-state index contributed by atoms with van der Waals surface area (Å²) in [5.74, 6) is 2.15. The third kappa shape index (κ3) is 3.52. The molecule has 0 aromatic heterocycles. The van der Waals surface area contributed by atoms with Gasteiger partial charge in [0.25, 0.3) is 0 Å². The summed E-state index contributed by atoms with van der Waals surface area (Å²) in [4.78, 5) is -0.767. The Labute approximate surface area is 116 Å². The Morgan fingerprint density at radius 2 is 1.90 bits per heavy atom. The van der Waals surface area contributed by atoms with Gasteiger partial charge in [0.2, 0.25) is 10.0 Å². The van der Waals surface area contributed by atoms with Crippen molar-refractivity contribution in [2.75, 3.05) is 13.1 Å². The van der Waals surface area contributed by atoms with Gasteiger partial charge in [0.05, 0.1) is 17.0 Å². The number of alkyl halides is 3. The van der Waals surface area contributed by atoms with Crippen LogP contribution in [0.3, 0.4) is 0 Å². The fraction of sp³-hybridized carbons (Fsp3) is 0.385.